The summed E-state index contributed by atoms with van der Waals surface area (Å²) in [7, 11) is 0. The lowest BCUT2D eigenvalue weighted by Gasteiger charge is -2.16. The second kappa shape index (κ2) is 9.19. The van der Waals surface area contributed by atoms with Crippen LogP contribution in [0.4, 0.5) is 0 Å². The predicted octanol–water partition coefficient (Wildman–Crippen LogP) is 3.62. The van der Waals surface area contributed by atoms with Crippen LogP contribution >= 0.6 is 0 Å². The largest absolute Gasteiger partial charge is 0.273 e. The summed E-state index contributed by atoms with van der Waals surface area (Å²) in [6.07, 6.45) is 16.7. The first kappa shape index (κ1) is 19.6. The number of hydrazone groups is 2. The zero-order chi connectivity index (χ0) is 19.3. The van der Waals surface area contributed by atoms with Crippen LogP contribution in [0.25, 0.3) is 0 Å². The molecule has 4 aliphatic carbocycles. The molecule has 6 nitrogen and oxygen atoms in total. The molecule has 0 aliphatic heterocycles. The van der Waals surface area contributed by atoms with Gasteiger partial charge in [0.05, 0.1) is 0 Å². The maximum atomic E-state index is 11.9. The minimum absolute atomic E-state index is 0.0610. The molecule has 2 N–H and O–H groups in total. The minimum Gasteiger partial charge on any atom is -0.273 e. The lowest BCUT2D eigenvalue weighted by Crippen LogP contribution is -2.21. The van der Waals surface area contributed by atoms with E-state index >= 15 is 0 Å². The Labute approximate surface area is 168 Å². The van der Waals surface area contributed by atoms with Crippen molar-refractivity contribution in [3.8, 4) is 0 Å². The van der Waals surface area contributed by atoms with E-state index in [1.165, 1.54) is 51.4 Å². The number of amides is 2. The standard InChI is InChI=1S/C22H34N4O2/c27-21(25-23-13-19-11-15-5-7-17(19)9-15)3-1-2-4-22(28)26-24-14-20-12-16-6-8-18(20)10-16/h13-20H,1-12H2,(H,25,27)(H,26,28)/t15-,16-,17-,18-,19+,20+/m0/s1. The van der Waals surface area contributed by atoms with Crippen molar-refractivity contribution < 1.29 is 9.59 Å². The third-order valence-corrected chi connectivity index (χ3v) is 7.55. The molecule has 28 heavy (non-hydrogen) atoms. The molecule has 0 aromatic rings. The molecule has 4 fully saturated rings. The highest BCUT2D eigenvalue weighted by molar-refractivity contribution is 5.78. The number of unbranched alkanes of at least 4 members (excludes halogenated alkanes) is 1. The summed E-state index contributed by atoms with van der Waals surface area (Å²) in [4.78, 5) is 23.7. The van der Waals surface area contributed by atoms with Gasteiger partial charge in [-0.1, -0.05) is 12.8 Å². The maximum Gasteiger partial charge on any atom is 0.240 e. The minimum atomic E-state index is -0.0610. The zero-order valence-corrected chi connectivity index (χ0v) is 16.8. The van der Waals surface area contributed by atoms with Crippen molar-refractivity contribution in [2.24, 2.45) is 45.7 Å². The summed E-state index contributed by atoms with van der Waals surface area (Å²) >= 11 is 0. The number of rotatable bonds is 9. The van der Waals surface area contributed by atoms with Gasteiger partial charge in [0.15, 0.2) is 0 Å². The highest BCUT2D eigenvalue weighted by Gasteiger charge is 2.39. The summed E-state index contributed by atoms with van der Waals surface area (Å²) in [5.41, 5.74) is 5.28. The molecule has 4 rings (SSSR count). The lowest BCUT2D eigenvalue weighted by molar-refractivity contribution is -0.123. The highest BCUT2D eigenvalue weighted by Crippen LogP contribution is 2.48. The number of nitrogens with one attached hydrogen (secondary N) is 2. The summed E-state index contributed by atoms with van der Waals surface area (Å²) in [6, 6.07) is 0. The van der Waals surface area contributed by atoms with Crippen molar-refractivity contribution in [1.29, 1.82) is 0 Å². The summed E-state index contributed by atoms with van der Waals surface area (Å²) < 4.78 is 0. The van der Waals surface area contributed by atoms with Crippen LogP contribution in [0.15, 0.2) is 10.2 Å². The molecule has 0 spiro atoms. The Kier molecular flexibility index (Phi) is 6.43. The summed E-state index contributed by atoms with van der Waals surface area (Å²) in [5, 5.41) is 8.31. The number of hydrogen-bond acceptors (Lipinski definition) is 4. The van der Waals surface area contributed by atoms with Gasteiger partial charge in [-0.25, -0.2) is 10.9 Å². The fourth-order valence-corrected chi connectivity index (χ4v) is 6.05. The first-order valence-corrected chi connectivity index (χ1v) is 11.3. The van der Waals surface area contributed by atoms with Gasteiger partial charge in [-0.15, -0.1) is 0 Å². The molecule has 0 aromatic carbocycles. The van der Waals surface area contributed by atoms with Crippen LogP contribution in [0.1, 0.15) is 77.0 Å². The van der Waals surface area contributed by atoms with Gasteiger partial charge >= 0.3 is 0 Å². The summed E-state index contributed by atoms with van der Waals surface area (Å²) in [6.45, 7) is 0. The van der Waals surface area contributed by atoms with E-state index in [4.69, 9.17) is 0 Å². The SMILES string of the molecule is O=C(CCCCC(=O)NN=C[C@H]1C[C@H]2CC[C@H]1C2)NN=C[C@H]1C[C@H]2CC[C@H]1C2. The Hall–Kier alpha value is -1.72. The fraction of sp³-hybridized carbons (Fsp3) is 0.818. The molecule has 6 atom stereocenters. The van der Waals surface area contributed by atoms with E-state index in [9.17, 15) is 9.59 Å². The number of carbonyl (C=O) groups is 2. The quantitative estimate of drug-likeness (QED) is 0.360. The second-order valence-electron chi connectivity index (χ2n) is 9.51. The average molecular weight is 387 g/mol. The van der Waals surface area contributed by atoms with Crippen LogP contribution in [-0.2, 0) is 9.59 Å². The topological polar surface area (TPSA) is 82.9 Å². The molecule has 4 aliphatic rings. The molecule has 4 saturated carbocycles. The van der Waals surface area contributed by atoms with Gasteiger partial charge in [0.25, 0.3) is 0 Å². The molecule has 2 amide bonds. The number of fused-ring (bicyclic) bond motifs is 4. The zero-order valence-electron chi connectivity index (χ0n) is 16.8. The lowest BCUT2D eigenvalue weighted by atomic mass is 9.90. The second-order valence-corrected chi connectivity index (χ2v) is 9.51. The Balaban J connectivity index is 1.03. The van der Waals surface area contributed by atoms with Crippen LogP contribution in [0.5, 0.6) is 0 Å². The van der Waals surface area contributed by atoms with Gasteiger partial charge in [0, 0.05) is 25.3 Å². The Bertz CT molecular complexity index is 578. The monoisotopic (exact) mass is 386 g/mol. The Morgan fingerprint density at radius 2 is 1.18 bits per heavy atom. The van der Waals surface area contributed by atoms with Crippen LogP contribution in [0, 0.1) is 35.5 Å². The van der Waals surface area contributed by atoms with Crippen molar-refractivity contribution in [2.45, 2.75) is 77.0 Å². The average Bonchev–Trinajstić information content (AvgIpc) is 3.46. The van der Waals surface area contributed by atoms with Crippen LogP contribution in [0.2, 0.25) is 0 Å². The molecule has 0 unspecified atom stereocenters. The van der Waals surface area contributed by atoms with E-state index in [-0.39, 0.29) is 11.8 Å². The number of hydrogen-bond donors (Lipinski definition) is 2. The molecule has 0 radical (unpaired) electrons. The molecule has 6 heteroatoms. The van der Waals surface area contributed by atoms with Crippen molar-refractivity contribution in [3.63, 3.8) is 0 Å². The van der Waals surface area contributed by atoms with E-state index in [0.29, 0.717) is 37.5 Å². The van der Waals surface area contributed by atoms with Crippen molar-refractivity contribution in [2.75, 3.05) is 0 Å². The highest BCUT2D eigenvalue weighted by atomic mass is 16.2. The van der Waals surface area contributed by atoms with E-state index in [1.54, 1.807) is 0 Å². The molecular weight excluding hydrogens is 352 g/mol. The molecule has 154 valence electrons. The molecule has 0 aromatic heterocycles. The Morgan fingerprint density at radius 1 is 0.714 bits per heavy atom. The van der Waals surface area contributed by atoms with E-state index in [0.717, 1.165) is 23.7 Å². The van der Waals surface area contributed by atoms with E-state index in [2.05, 4.69) is 21.1 Å². The van der Waals surface area contributed by atoms with E-state index < -0.39 is 0 Å². The van der Waals surface area contributed by atoms with Crippen LogP contribution in [0.3, 0.4) is 0 Å². The maximum absolute atomic E-state index is 11.9. The molecular formula is C22H34N4O2. The molecule has 4 bridgehead atoms. The van der Waals surface area contributed by atoms with Crippen molar-refractivity contribution in [1.82, 2.24) is 10.9 Å². The van der Waals surface area contributed by atoms with Crippen molar-refractivity contribution in [3.05, 3.63) is 0 Å². The van der Waals surface area contributed by atoms with Gasteiger partial charge in [-0.3, -0.25) is 9.59 Å². The third kappa shape index (κ3) is 5.00. The summed E-state index contributed by atoms with van der Waals surface area (Å²) in [5.74, 6) is 4.35. The van der Waals surface area contributed by atoms with Crippen LogP contribution < -0.4 is 10.9 Å². The number of carbonyl (C=O) groups excluding carboxylic acids is 2. The van der Waals surface area contributed by atoms with Gasteiger partial charge < -0.3 is 0 Å². The van der Waals surface area contributed by atoms with Gasteiger partial charge in [-0.05, 0) is 86.9 Å². The van der Waals surface area contributed by atoms with Gasteiger partial charge in [0.1, 0.15) is 0 Å². The normalized spacial score (nSPS) is 36.0. The van der Waals surface area contributed by atoms with Gasteiger partial charge in [0.2, 0.25) is 11.8 Å². The van der Waals surface area contributed by atoms with Crippen LogP contribution in [-0.4, -0.2) is 24.2 Å². The first-order valence-electron chi connectivity index (χ1n) is 11.3. The van der Waals surface area contributed by atoms with Crippen molar-refractivity contribution >= 4 is 24.2 Å². The first-order chi connectivity index (χ1) is 13.7. The molecule has 0 heterocycles. The van der Waals surface area contributed by atoms with Gasteiger partial charge in [-0.2, -0.15) is 10.2 Å². The third-order valence-electron chi connectivity index (χ3n) is 7.55. The van der Waals surface area contributed by atoms with E-state index in [1.807, 2.05) is 12.4 Å². The predicted molar refractivity (Wildman–Crippen MR) is 110 cm³/mol. The fourth-order valence-electron chi connectivity index (χ4n) is 6.05. The smallest absolute Gasteiger partial charge is 0.240 e. The Morgan fingerprint density at radius 3 is 1.54 bits per heavy atom. The molecule has 0 saturated heterocycles. The number of nitrogens with zero attached hydrogens (tertiary/aromatic N) is 2.